The summed E-state index contributed by atoms with van der Waals surface area (Å²) in [4.78, 5) is 80.4. The molecule has 6 atom stereocenters. The summed E-state index contributed by atoms with van der Waals surface area (Å²) < 4.78 is 37.5. The average molecular weight is 748 g/mol. The number of carbonyl (C=O) groups is 4. The zero-order valence-corrected chi connectivity index (χ0v) is 29.8. The van der Waals surface area contributed by atoms with Gasteiger partial charge in [0.1, 0.15) is 12.1 Å². The molecular weight excluding hydrogens is 708 g/mol. The number of aryl methyl sites for hydroxylation is 1. The smallest absolute Gasteiger partial charge is 0.363 e. The van der Waals surface area contributed by atoms with Crippen LogP contribution in [0.4, 0.5) is 4.39 Å². The fourth-order valence-electron chi connectivity index (χ4n) is 8.26. The largest absolute Gasteiger partial charge is 0.371 e. The zero-order valence-electron chi connectivity index (χ0n) is 28.9. The van der Waals surface area contributed by atoms with Crippen LogP contribution in [0.15, 0.2) is 59.1 Å². The maximum absolute atomic E-state index is 14.7. The van der Waals surface area contributed by atoms with E-state index in [2.05, 4.69) is 10.5 Å². The number of amides is 4. The molecule has 4 aromatic rings. The Labute approximate surface area is 303 Å². The van der Waals surface area contributed by atoms with E-state index in [1.165, 1.54) is 35.2 Å². The molecule has 14 nitrogen and oxygen atoms in total. The molecule has 4 fully saturated rings. The summed E-state index contributed by atoms with van der Waals surface area (Å²) in [5, 5.41) is 8.36. The standard InChI is InChI=1S/C37H39FN5O9P/c1-20-2-11-31-28(14-20)32(40-52-31)37(47)41-13-12-25-7-10-30(36(46)42-17-26-8-9-27(18-42)51-26)43(25)35(45)29(19-41)39-34(44)23-6-4-21-3-5-22(15-24(21)16-23)33(38)53(48,49)50/h2-6,11,14-16,25-27,29-30,33H,7-10,12-13,17-19H2,1H3,(H,39,44)(H2,48,49,50)/t25-,26?,27?,29+,30+,33-/m1/s1. The summed E-state index contributed by atoms with van der Waals surface area (Å²) in [5.41, 5.74) is 1.28. The van der Waals surface area contributed by atoms with E-state index >= 15 is 0 Å². The van der Waals surface area contributed by atoms with Crippen molar-refractivity contribution in [1.82, 2.24) is 25.2 Å². The van der Waals surface area contributed by atoms with Crippen molar-refractivity contribution < 1.29 is 47.2 Å². The van der Waals surface area contributed by atoms with E-state index in [1.807, 2.05) is 13.0 Å². The molecule has 16 heteroatoms. The fourth-order valence-corrected chi connectivity index (χ4v) is 8.81. The molecule has 0 saturated carbocycles. The maximum Gasteiger partial charge on any atom is 0.363 e. The topological polar surface area (TPSA) is 183 Å². The third kappa shape index (κ3) is 6.71. The van der Waals surface area contributed by atoms with Crippen molar-refractivity contribution in [3.8, 4) is 0 Å². The van der Waals surface area contributed by atoms with Crippen LogP contribution in [0.2, 0.25) is 0 Å². The number of benzene rings is 3. The SMILES string of the molecule is Cc1ccc2onc(C(=O)N3CC[C@H]4CC[C@@H](C(=O)N5CC6CCC(C5)O6)N4C(=O)[C@@H](NC(=O)c4ccc5ccc([C@H](F)P(=O)(O)O)cc5c4)C3)c2c1. The zero-order chi connectivity index (χ0) is 37.2. The van der Waals surface area contributed by atoms with E-state index < -0.39 is 43.3 Å². The number of nitrogens with zero attached hydrogens (tertiary/aromatic N) is 4. The highest BCUT2D eigenvalue weighted by atomic mass is 31.2. The fraction of sp³-hybridized carbons (Fsp3) is 0.432. The number of ether oxygens (including phenoxy) is 1. The quantitative estimate of drug-likeness (QED) is 0.245. The van der Waals surface area contributed by atoms with E-state index in [1.54, 1.807) is 28.0 Å². The molecule has 8 rings (SSSR count). The van der Waals surface area contributed by atoms with Crippen molar-refractivity contribution >= 4 is 53.0 Å². The molecule has 4 amide bonds. The molecule has 0 aliphatic carbocycles. The molecular formula is C37H39FN5O9P. The summed E-state index contributed by atoms with van der Waals surface area (Å²) in [5.74, 6) is -4.30. The molecule has 2 unspecified atom stereocenters. The van der Waals surface area contributed by atoms with Crippen molar-refractivity contribution in [2.75, 3.05) is 26.2 Å². The minimum Gasteiger partial charge on any atom is -0.371 e. The Bertz CT molecular complexity index is 2180. The lowest BCUT2D eigenvalue weighted by atomic mass is 10.0. The van der Waals surface area contributed by atoms with Crippen molar-refractivity contribution in [3.05, 3.63) is 77.0 Å². The second-order valence-electron chi connectivity index (χ2n) is 14.5. The number of hydrogen-bond acceptors (Lipinski definition) is 8. The van der Waals surface area contributed by atoms with Gasteiger partial charge in [-0.3, -0.25) is 23.7 Å². The van der Waals surface area contributed by atoms with E-state index in [4.69, 9.17) is 9.26 Å². The molecule has 2 bridgehead atoms. The lowest BCUT2D eigenvalue weighted by Gasteiger charge is -2.40. The lowest BCUT2D eigenvalue weighted by molar-refractivity contribution is -0.152. The van der Waals surface area contributed by atoms with Gasteiger partial charge in [-0.2, -0.15) is 0 Å². The van der Waals surface area contributed by atoms with Gasteiger partial charge in [0.25, 0.3) is 11.8 Å². The maximum atomic E-state index is 14.7. The summed E-state index contributed by atoms with van der Waals surface area (Å²) in [6, 6.07) is 11.6. The Kier molecular flexibility index (Phi) is 9.08. The third-order valence-electron chi connectivity index (χ3n) is 10.9. The van der Waals surface area contributed by atoms with Crippen LogP contribution in [0.3, 0.4) is 0 Å². The van der Waals surface area contributed by atoms with Crippen LogP contribution in [-0.2, 0) is 18.9 Å². The molecule has 4 aliphatic heterocycles. The molecule has 3 aromatic carbocycles. The highest BCUT2D eigenvalue weighted by molar-refractivity contribution is 7.51. The minimum absolute atomic E-state index is 0.0217. The van der Waals surface area contributed by atoms with Crippen molar-refractivity contribution in [1.29, 1.82) is 0 Å². The first kappa shape index (κ1) is 35.3. The second-order valence-corrected chi connectivity index (χ2v) is 16.2. The monoisotopic (exact) mass is 747 g/mol. The van der Waals surface area contributed by atoms with E-state index in [0.29, 0.717) is 54.1 Å². The number of rotatable bonds is 6. The van der Waals surface area contributed by atoms with Gasteiger partial charge in [-0.15, -0.1) is 0 Å². The van der Waals surface area contributed by atoms with Crippen LogP contribution in [-0.4, -0.2) is 110 Å². The normalized spacial score (nSPS) is 25.3. The van der Waals surface area contributed by atoms with E-state index in [-0.39, 0.29) is 54.1 Å². The van der Waals surface area contributed by atoms with Crippen LogP contribution >= 0.6 is 7.60 Å². The average Bonchev–Trinajstić information content (AvgIpc) is 3.85. The summed E-state index contributed by atoms with van der Waals surface area (Å²) in [6.07, 6.45) is 3.14. The molecule has 5 heterocycles. The Balaban J connectivity index is 1.10. The van der Waals surface area contributed by atoms with Crippen LogP contribution < -0.4 is 5.32 Å². The number of halogens is 1. The Morgan fingerprint density at radius 1 is 0.925 bits per heavy atom. The van der Waals surface area contributed by atoms with Gasteiger partial charge in [0.15, 0.2) is 11.3 Å². The molecule has 53 heavy (non-hydrogen) atoms. The predicted molar refractivity (Wildman–Crippen MR) is 188 cm³/mol. The lowest BCUT2D eigenvalue weighted by Crippen LogP contribution is -2.62. The molecule has 4 saturated heterocycles. The summed E-state index contributed by atoms with van der Waals surface area (Å²) in [6.45, 7) is 2.83. The van der Waals surface area contributed by atoms with Gasteiger partial charge in [0.05, 0.1) is 24.1 Å². The van der Waals surface area contributed by atoms with E-state index in [9.17, 15) is 37.9 Å². The Hall–Kier alpha value is -4.69. The second kappa shape index (κ2) is 13.6. The van der Waals surface area contributed by atoms with Crippen LogP contribution in [0, 0.1) is 6.92 Å². The highest BCUT2D eigenvalue weighted by Crippen LogP contribution is 2.53. The Morgan fingerprint density at radius 3 is 2.43 bits per heavy atom. The summed E-state index contributed by atoms with van der Waals surface area (Å²) in [7, 11) is -5.07. The van der Waals surface area contributed by atoms with Crippen LogP contribution in [0.1, 0.15) is 70.0 Å². The number of hydrogen-bond donors (Lipinski definition) is 3. The number of aromatic nitrogens is 1. The highest BCUT2D eigenvalue weighted by Gasteiger charge is 2.48. The first-order chi connectivity index (χ1) is 25.3. The molecule has 4 aliphatic rings. The summed E-state index contributed by atoms with van der Waals surface area (Å²) >= 11 is 0. The van der Waals surface area contributed by atoms with Gasteiger partial charge in [-0.05, 0) is 85.7 Å². The third-order valence-corrected chi connectivity index (χ3v) is 11.8. The van der Waals surface area contributed by atoms with Gasteiger partial charge in [0.2, 0.25) is 17.7 Å². The van der Waals surface area contributed by atoms with Crippen molar-refractivity contribution in [2.24, 2.45) is 0 Å². The van der Waals surface area contributed by atoms with Crippen LogP contribution in [0.5, 0.6) is 0 Å². The van der Waals surface area contributed by atoms with Gasteiger partial charge in [0, 0.05) is 31.2 Å². The number of alkyl halides is 1. The van der Waals surface area contributed by atoms with Crippen LogP contribution in [0.25, 0.3) is 21.7 Å². The molecule has 0 radical (unpaired) electrons. The van der Waals surface area contributed by atoms with Crippen molar-refractivity contribution in [2.45, 2.75) is 75.3 Å². The predicted octanol–water partition coefficient (Wildman–Crippen LogP) is 3.83. The Morgan fingerprint density at radius 2 is 1.68 bits per heavy atom. The minimum atomic E-state index is -5.07. The first-order valence-corrected chi connectivity index (χ1v) is 19.5. The van der Waals surface area contributed by atoms with Gasteiger partial charge >= 0.3 is 7.60 Å². The van der Waals surface area contributed by atoms with Crippen molar-refractivity contribution in [3.63, 3.8) is 0 Å². The van der Waals surface area contributed by atoms with Gasteiger partial charge < -0.3 is 39.1 Å². The molecule has 3 N–H and O–H groups in total. The number of fused-ring (bicyclic) bond motifs is 5. The van der Waals surface area contributed by atoms with E-state index in [0.717, 1.165) is 18.4 Å². The molecule has 1 aromatic heterocycles. The number of nitrogens with one attached hydrogen (secondary N) is 1. The number of morpholine rings is 1. The molecule has 0 spiro atoms. The number of likely N-dealkylation sites (tertiary alicyclic amines) is 1. The first-order valence-electron chi connectivity index (χ1n) is 17.8. The van der Waals surface area contributed by atoms with Gasteiger partial charge in [-0.1, -0.05) is 35.0 Å². The number of carbonyl (C=O) groups excluding carboxylic acids is 4. The molecule has 278 valence electrons. The van der Waals surface area contributed by atoms with Gasteiger partial charge in [-0.25, -0.2) is 4.39 Å².